The maximum atomic E-state index is 5.74. The van der Waals surface area contributed by atoms with Gasteiger partial charge < -0.3 is 8.98 Å². The minimum Gasteiger partial charge on any atom is -0.419 e. The summed E-state index contributed by atoms with van der Waals surface area (Å²) >= 11 is 9.23. The number of nitrogens with zero attached hydrogens (tertiary/aromatic N) is 3. The molecule has 0 amide bonds. The quantitative estimate of drug-likeness (QED) is 0.627. The molecule has 0 spiro atoms. The molecule has 0 bridgehead atoms. The highest BCUT2D eigenvalue weighted by atomic mass is 79.9. The van der Waals surface area contributed by atoms with E-state index in [0.717, 1.165) is 27.1 Å². The molecule has 22 heavy (non-hydrogen) atoms. The summed E-state index contributed by atoms with van der Waals surface area (Å²) in [7, 11) is 0. The number of hydrogen-bond donors (Lipinski definition) is 0. The molecular weight excluding hydrogens is 366 g/mol. The zero-order valence-electron chi connectivity index (χ0n) is 12.2. The lowest BCUT2D eigenvalue weighted by molar-refractivity contribution is 0.510. The van der Waals surface area contributed by atoms with E-state index in [1.165, 1.54) is 0 Å². The Morgan fingerprint density at radius 1 is 1.32 bits per heavy atom. The van der Waals surface area contributed by atoms with Crippen LogP contribution in [-0.2, 0) is 6.42 Å². The lowest BCUT2D eigenvalue weighted by atomic mass is 10.2. The van der Waals surface area contributed by atoms with Crippen LogP contribution in [0.25, 0.3) is 17.3 Å². The van der Waals surface area contributed by atoms with Crippen molar-refractivity contribution in [1.82, 2.24) is 14.8 Å². The number of alkyl halides is 1. The lowest BCUT2D eigenvalue weighted by Crippen LogP contribution is -1.99. The van der Waals surface area contributed by atoms with Crippen molar-refractivity contribution in [3.05, 3.63) is 52.0 Å². The molecule has 4 nitrogen and oxygen atoms in total. The third kappa shape index (κ3) is 2.83. The minimum absolute atomic E-state index is 0.457. The molecule has 0 aliphatic carbocycles. The van der Waals surface area contributed by atoms with Crippen molar-refractivity contribution in [2.24, 2.45) is 0 Å². The number of aromatic nitrogens is 3. The highest BCUT2D eigenvalue weighted by Gasteiger charge is 2.19. The lowest BCUT2D eigenvalue weighted by Gasteiger charge is -2.10. The predicted octanol–water partition coefficient (Wildman–Crippen LogP) is 4.49. The van der Waals surface area contributed by atoms with Crippen molar-refractivity contribution < 1.29 is 4.42 Å². The molecule has 0 saturated heterocycles. The summed E-state index contributed by atoms with van der Waals surface area (Å²) < 4.78 is 8.81. The normalized spacial score (nSPS) is 11.1. The monoisotopic (exact) mass is 378 g/mol. The second-order valence-corrected chi connectivity index (χ2v) is 6.23. The Bertz CT molecular complexity index is 810. The number of halogens is 2. The van der Waals surface area contributed by atoms with Crippen molar-refractivity contribution in [1.29, 1.82) is 0 Å². The van der Waals surface area contributed by atoms with E-state index in [0.29, 0.717) is 24.1 Å². The van der Waals surface area contributed by atoms with E-state index in [4.69, 9.17) is 16.0 Å². The zero-order valence-corrected chi connectivity index (χ0v) is 14.6. The van der Waals surface area contributed by atoms with Crippen LogP contribution in [0.15, 0.2) is 33.2 Å². The van der Waals surface area contributed by atoms with Crippen LogP contribution in [0, 0.1) is 19.9 Å². The van der Waals surface area contributed by atoms with Crippen LogP contribution >= 0.6 is 27.5 Å². The van der Waals surface area contributed by atoms with E-state index in [9.17, 15) is 0 Å². The van der Waals surface area contributed by atoms with Gasteiger partial charge in [-0.25, -0.2) is 0 Å². The van der Waals surface area contributed by atoms with Crippen LogP contribution in [0.1, 0.15) is 17.1 Å². The average Bonchev–Trinajstić information content (AvgIpc) is 3.03. The van der Waals surface area contributed by atoms with Crippen LogP contribution in [0.4, 0.5) is 0 Å². The Hall–Kier alpha value is -1.59. The zero-order chi connectivity index (χ0) is 15.7. The molecule has 0 atom stereocenters. The van der Waals surface area contributed by atoms with Gasteiger partial charge in [-0.3, -0.25) is 0 Å². The van der Waals surface area contributed by atoms with E-state index >= 15 is 0 Å². The first-order valence-corrected chi connectivity index (χ1v) is 8.18. The Balaban J connectivity index is 2.15. The summed E-state index contributed by atoms with van der Waals surface area (Å²) in [6, 6.07) is 11.4. The fraction of sp³-hybridized carbons (Fsp3) is 0.250. The van der Waals surface area contributed by atoms with Crippen molar-refractivity contribution in [3.8, 4) is 17.3 Å². The molecule has 2 heterocycles. The molecule has 0 saturated carbocycles. The molecule has 0 unspecified atom stereocenters. The minimum atomic E-state index is 0.457. The molecule has 3 aromatic rings. The van der Waals surface area contributed by atoms with Gasteiger partial charge in [0.15, 0.2) is 0 Å². The number of benzene rings is 1. The standard InChI is InChI=1S/C16H14BrClN3O/c1-10-8-11(2)21(13-5-3-4-12(17)9-13)15(10)16-20-19-14(22-16)6-7-18/h3-5,9H,6-7H2,1-2H3. The molecule has 0 N–H and O–H groups in total. The highest BCUT2D eigenvalue weighted by molar-refractivity contribution is 9.10. The summed E-state index contributed by atoms with van der Waals surface area (Å²) in [6.07, 6.45) is 0.563. The van der Waals surface area contributed by atoms with Crippen LogP contribution in [0.5, 0.6) is 0 Å². The Morgan fingerprint density at radius 3 is 2.86 bits per heavy atom. The van der Waals surface area contributed by atoms with Crippen LogP contribution in [0.2, 0.25) is 0 Å². The topological polar surface area (TPSA) is 43.9 Å². The summed E-state index contributed by atoms with van der Waals surface area (Å²) in [5, 5.41) is 8.21. The molecular formula is C16H14BrClN3O. The first-order valence-electron chi connectivity index (χ1n) is 6.86. The number of hydrogen-bond acceptors (Lipinski definition) is 3. The third-order valence-electron chi connectivity index (χ3n) is 3.33. The van der Waals surface area contributed by atoms with E-state index in [-0.39, 0.29) is 0 Å². The molecule has 113 valence electrons. The SMILES string of the molecule is Cc1[c]c(C)n(-c2cccc(Br)c2)c1-c1nnc(CCCl)o1. The summed E-state index contributed by atoms with van der Waals surface area (Å²) in [6.45, 7) is 4.00. The summed E-state index contributed by atoms with van der Waals surface area (Å²) in [4.78, 5) is 0. The molecule has 3 rings (SSSR count). The summed E-state index contributed by atoms with van der Waals surface area (Å²) in [5.74, 6) is 1.49. The maximum absolute atomic E-state index is 5.74. The molecule has 6 heteroatoms. The van der Waals surface area contributed by atoms with Crippen molar-refractivity contribution in [2.75, 3.05) is 5.88 Å². The second-order valence-electron chi connectivity index (χ2n) is 4.94. The van der Waals surface area contributed by atoms with Crippen molar-refractivity contribution in [3.63, 3.8) is 0 Å². The predicted molar refractivity (Wildman–Crippen MR) is 89.5 cm³/mol. The van der Waals surface area contributed by atoms with Crippen molar-refractivity contribution in [2.45, 2.75) is 20.3 Å². The van der Waals surface area contributed by atoms with Gasteiger partial charge >= 0.3 is 0 Å². The van der Waals surface area contributed by atoms with E-state index in [2.05, 4.69) is 36.8 Å². The Labute approximate surface area is 142 Å². The van der Waals surface area contributed by atoms with Crippen molar-refractivity contribution >= 4 is 27.5 Å². The van der Waals surface area contributed by atoms with Gasteiger partial charge in [-0.2, -0.15) is 0 Å². The third-order valence-corrected chi connectivity index (χ3v) is 4.01. The molecule has 0 aliphatic heterocycles. The van der Waals surface area contributed by atoms with Gasteiger partial charge in [-0.05, 0) is 37.6 Å². The van der Waals surface area contributed by atoms with Crippen LogP contribution in [-0.4, -0.2) is 20.6 Å². The number of aryl methyl sites for hydroxylation is 3. The molecule has 1 aromatic carbocycles. The van der Waals surface area contributed by atoms with E-state index in [1.807, 2.05) is 38.1 Å². The van der Waals surface area contributed by atoms with E-state index in [1.54, 1.807) is 0 Å². The summed E-state index contributed by atoms with van der Waals surface area (Å²) in [5.41, 5.74) is 3.84. The van der Waals surface area contributed by atoms with Gasteiger partial charge in [-0.1, -0.05) is 22.0 Å². The average molecular weight is 380 g/mol. The van der Waals surface area contributed by atoms with Crippen LogP contribution in [0.3, 0.4) is 0 Å². The first-order chi connectivity index (χ1) is 10.6. The van der Waals surface area contributed by atoms with Gasteiger partial charge in [0.25, 0.3) is 5.89 Å². The molecule has 1 radical (unpaired) electrons. The number of rotatable bonds is 4. The molecule has 0 fully saturated rings. The van der Waals surface area contributed by atoms with E-state index < -0.39 is 0 Å². The van der Waals surface area contributed by atoms with Crippen LogP contribution < -0.4 is 0 Å². The van der Waals surface area contributed by atoms with Gasteiger partial charge in [-0.15, -0.1) is 21.8 Å². The van der Waals surface area contributed by atoms with Gasteiger partial charge in [0, 0.05) is 34.2 Å². The van der Waals surface area contributed by atoms with Gasteiger partial charge in [0.2, 0.25) is 5.89 Å². The smallest absolute Gasteiger partial charge is 0.264 e. The largest absolute Gasteiger partial charge is 0.419 e. The fourth-order valence-corrected chi connectivity index (χ4v) is 3.00. The van der Waals surface area contributed by atoms with Gasteiger partial charge in [0.05, 0.1) is 0 Å². The fourth-order valence-electron chi connectivity index (χ4n) is 2.45. The van der Waals surface area contributed by atoms with Gasteiger partial charge in [0.1, 0.15) is 5.69 Å². The molecule has 2 aromatic heterocycles. The maximum Gasteiger partial charge on any atom is 0.264 e. The Kier molecular flexibility index (Phi) is 4.36. The highest BCUT2D eigenvalue weighted by Crippen LogP contribution is 2.30. The first kappa shape index (κ1) is 15.3. The second kappa shape index (κ2) is 6.26. The Morgan fingerprint density at radius 2 is 2.14 bits per heavy atom. The molecule has 0 aliphatic rings.